The summed E-state index contributed by atoms with van der Waals surface area (Å²) in [5, 5.41) is 12.3. The van der Waals surface area contributed by atoms with Gasteiger partial charge in [-0.3, -0.25) is 4.68 Å². The molecule has 0 radical (unpaired) electrons. The van der Waals surface area contributed by atoms with Crippen molar-refractivity contribution in [2.75, 3.05) is 0 Å². The molecular formula is C10H16N6. The van der Waals surface area contributed by atoms with Crippen LogP contribution in [0.2, 0.25) is 0 Å². The van der Waals surface area contributed by atoms with Gasteiger partial charge in [-0.25, -0.2) is 4.68 Å². The van der Waals surface area contributed by atoms with Crippen LogP contribution in [-0.2, 0) is 26.6 Å². The molecule has 2 aromatic heterocycles. The molecule has 86 valence electrons. The first kappa shape index (κ1) is 10.8. The van der Waals surface area contributed by atoms with Gasteiger partial charge < -0.3 is 5.73 Å². The van der Waals surface area contributed by atoms with E-state index in [2.05, 4.69) is 28.4 Å². The minimum Gasteiger partial charge on any atom is -0.325 e. The maximum Gasteiger partial charge on any atom is 0.0962 e. The van der Waals surface area contributed by atoms with Crippen LogP contribution in [0.25, 0.3) is 0 Å². The molecule has 0 aliphatic rings. The van der Waals surface area contributed by atoms with E-state index in [0.29, 0.717) is 13.1 Å². The fourth-order valence-electron chi connectivity index (χ4n) is 1.57. The molecule has 0 aliphatic carbocycles. The second-order valence-electron chi connectivity index (χ2n) is 3.72. The third-order valence-electron chi connectivity index (χ3n) is 2.51. The van der Waals surface area contributed by atoms with Crippen LogP contribution in [0.4, 0.5) is 0 Å². The third-order valence-corrected chi connectivity index (χ3v) is 2.51. The van der Waals surface area contributed by atoms with Gasteiger partial charge in [-0.1, -0.05) is 12.1 Å². The number of nitrogens with zero attached hydrogens (tertiary/aromatic N) is 5. The van der Waals surface area contributed by atoms with Gasteiger partial charge in [0.05, 0.1) is 29.8 Å². The predicted octanol–water partition coefficient (Wildman–Crippen LogP) is 0.0810. The van der Waals surface area contributed by atoms with E-state index in [1.807, 2.05) is 17.9 Å². The van der Waals surface area contributed by atoms with Gasteiger partial charge >= 0.3 is 0 Å². The van der Waals surface area contributed by atoms with Crippen LogP contribution in [0.3, 0.4) is 0 Å². The van der Waals surface area contributed by atoms with Crippen LogP contribution >= 0.6 is 0 Å². The first-order chi connectivity index (χ1) is 7.72. The standard InChI is InChI=1S/C10H16N6/c1-3-8-4-10(15(2)13-8)7-16-6-9(5-11)12-14-16/h4,6H,3,5,7,11H2,1-2H3. The Labute approximate surface area is 94.1 Å². The average Bonchev–Trinajstić information content (AvgIpc) is 2.87. The molecule has 0 spiro atoms. The molecule has 0 aromatic carbocycles. The SMILES string of the molecule is CCc1cc(Cn2cc(CN)nn2)n(C)n1. The number of aromatic nitrogens is 5. The third kappa shape index (κ3) is 2.11. The minimum absolute atomic E-state index is 0.422. The molecule has 6 heteroatoms. The second-order valence-corrected chi connectivity index (χ2v) is 3.72. The maximum atomic E-state index is 5.48. The van der Waals surface area contributed by atoms with E-state index < -0.39 is 0 Å². The number of rotatable bonds is 4. The summed E-state index contributed by atoms with van der Waals surface area (Å²) in [5.41, 5.74) is 8.49. The van der Waals surface area contributed by atoms with Gasteiger partial charge in [-0.05, 0) is 12.5 Å². The highest BCUT2D eigenvalue weighted by Crippen LogP contribution is 2.05. The van der Waals surface area contributed by atoms with Gasteiger partial charge in [-0.2, -0.15) is 5.10 Å². The smallest absolute Gasteiger partial charge is 0.0962 e. The Morgan fingerprint density at radius 1 is 1.38 bits per heavy atom. The maximum absolute atomic E-state index is 5.48. The number of hydrogen-bond donors (Lipinski definition) is 1. The van der Waals surface area contributed by atoms with Gasteiger partial charge in [0.25, 0.3) is 0 Å². The van der Waals surface area contributed by atoms with Crippen LogP contribution in [-0.4, -0.2) is 24.8 Å². The van der Waals surface area contributed by atoms with E-state index in [1.54, 1.807) is 4.68 Å². The Balaban J connectivity index is 2.16. The Kier molecular flexibility index (Phi) is 3.00. The monoisotopic (exact) mass is 220 g/mol. The van der Waals surface area contributed by atoms with Crippen molar-refractivity contribution in [2.24, 2.45) is 12.8 Å². The van der Waals surface area contributed by atoms with Crippen molar-refractivity contribution in [3.8, 4) is 0 Å². The number of nitrogens with two attached hydrogens (primary N) is 1. The quantitative estimate of drug-likeness (QED) is 0.792. The van der Waals surface area contributed by atoms with Gasteiger partial charge in [0, 0.05) is 13.6 Å². The van der Waals surface area contributed by atoms with Crippen molar-refractivity contribution in [1.29, 1.82) is 0 Å². The van der Waals surface area contributed by atoms with Gasteiger partial charge in [0.15, 0.2) is 0 Å². The number of aryl methyl sites for hydroxylation is 2. The van der Waals surface area contributed by atoms with Gasteiger partial charge in [-0.15, -0.1) is 5.10 Å². The molecule has 6 nitrogen and oxygen atoms in total. The molecule has 0 aliphatic heterocycles. The molecule has 2 N–H and O–H groups in total. The van der Waals surface area contributed by atoms with Crippen molar-refractivity contribution in [1.82, 2.24) is 24.8 Å². The lowest BCUT2D eigenvalue weighted by Gasteiger charge is -2.00. The highest BCUT2D eigenvalue weighted by Gasteiger charge is 2.06. The van der Waals surface area contributed by atoms with Crippen LogP contribution in [0.1, 0.15) is 24.0 Å². The normalized spacial score (nSPS) is 10.9. The zero-order chi connectivity index (χ0) is 11.5. The van der Waals surface area contributed by atoms with Crippen LogP contribution in [0.15, 0.2) is 12.3 Å². The zero-order valence-corrected chi connectivity index (χ0v) is 9.59. The molecule has 0 atom stereocenters. The second kappa shape index (κ2) is 4.44. The summed E-state index contributed by atoms with van der Waals surface area (Å²) < 4.78 is 3.65. The molecule has 2 heterocycles. The van der Waals surface area contributed by atoms with Crippen molar-refractivity contribution >= 4 is 0 Å². The van der Waals surface area contributed by atoms with Crippen molar-refractivity contribution in [2.45, 2.75) is 26.4 Å². The first-order valence-electron chi connectivity index (χ1n) is 5.33. The van der Waals surface area contributed by atoms with Gasteiger partial charge in [0.2, 0.25) is 0 Å². The Bertz CT molecular complexity index is 469. The van der Waals surface area contributed by atoms with E-state index in [-0.39, 0.29) is 0 Å². The Morgan fingerprint density at radius 3 is 2.75 bits per heavy atom. The summed E-state index contributed by atoms with van der Waals surface area (Å²) in [7, 11) is 1.94. The summed E-state index contributed by atoms with van der Waals surface area (Å²) in [5.74, 6) is 0. The number of hydrogen-bond acceptors (Lipinski definition) is 4. The lowest BCUT2D eigenvalue weighted by molar-refractivity contribution is 0.598. The van der Waals surface area contributed by atoms with Crippen LogP contribution in [0.5, 0.6) is 0 Å². The summed E-state index contributed by atoms with van der Waals surface area (Å²) in [4.78, 5) is 0. The molecule has 2 aromatic rings. The largest absolute Gasteiger partial charge is 0.325 e. The molecule has 0 bridgehead atoms. The van der Waals surface area contributed by atoms with E-state index in [4.69, 9.17) is 5.73 Å². The minimum atomic E-state index is 0.422. The first-order valence-corrected chi connectivity index (χ1v) is 5.33. The van der Waals surface area contributed by atoms with Gasteiger partial charge in [0.1, 0.15) is 0 Å². The zero-order valence-electron chi connectivity index (χ0n) is 9.59. The van der Waals surface area contributed by atoms with Crippen molar-refractivity contribution in [3.05, 3.63) is 29.3 Å². The molecule has 0 saturated carbocycles. The highest BCUT2D eigenvalue weighted by atomic mass is 15.4. The van der Waals surface area contributed by atoms with Crippen LogP contribution in [0, 0.1) is 0 Å². The molecular weight excluding hydrogens is 204 g/mol. The summed E-state index contributed by atoms with van der Waals surface area (Å²) >= 11 is 0. The fourth-order valence-corrected chi connectivity index (χ4v) is 1.57. The Hall–Kier alpha value is -1.69. The van der Waals surface area contributed by atoms with Crippen LogP contribution < -0.4 is 5.73 Å². The molecule has 0 fully saturated rings. The molecule has 16 heavy (non-hydrogen) atoms. The average molecular weight is 220 g/mol. The van der Waals surface area contributed by atoms with Crippen molar-refractivity contribution in [3.63, 3.8) is 0 Å². The lowest BCUT2D eigenvalue weighted by atomic mass is 10.3. The fraction of sp³-hybridized carbons (Fsp3) is 0.500. The molecule has 0 amide bonds. The lowest BCUT2D eigenvalue weighted by Crippen LogP contribution is -2.06. The highest BCUT2D eigenvalue weighted by molar-refractivity contribution is 5.10. The van der Waals surface area contributed by atoms with E-state index in [9.17, 15) is 0 Å². The molecule has 0 unspecified atom stereocenters. The molecule has 2 rings (SSSR count). The summed E-state index contributed by atoms with van der Waals surface area (Å²) in [6, 6.07) is 2.09. The Morgan fingerprint density at radius 2 is 2.19 bits per heavy atom. The van der Waals surface area contributed by atoms with E-state index in [1.165, 1.54) is 0 Å². The van der Waals surface area contributed by atoms with E-state index in [0.717, 1.165) is 23.5 Å². The van der Waals surface area contributed by atoms with Crippen molar-refractivity contribution < 1.29 is 0 Å². The van der Waals surface area contributed by atoms with E-state index >= 15 is 0 Å². The topological polar surface area (TPSA) is 74.6 Å². The predicted molar refractivity (Wildman–Crippen MR) is 59.6 cm³/mol. The summed E-state index contributed by atoms with van der Waals surface area (Å²) in [6.07, 6.45) is 2.80. The molecule has 0 saturated heterocycles. The summed E-state index contributed by atoms with van der Waals surface area (Å²) in [6.45, 7) is 3.19.